The Morgan fingerprint density at radius 1 is 1.37 bits per heavy atom. The van der Waals surface area contributed by atoms with E-state index < -0.39 is 10.7 Å². The molecule has 0 amide bonds. The van der Waals surface area contributed by atoms with Gasteiger partial charge in [0.25, 0.3) is 0 Å². The Morgan fingerprint density at radius 3 is 2.63 bits per heavy atom. The molecule has 0 fully saturated rings. The number of halogens is 2. The van der Waals surface area contributed by atoms with Crippen LogP contribution in [0, 0.1) is 15.9 Å². The zero-order valence-corrected chi connectivity index (χ0v) is 11.0. The Bertz CT molecular complexity index is 607. The molecule has 0 aliphatic heterocycles. The monoisotopic (exact) mass is 327 g/mol. The van der Waals surface area contributed by atoms with E-state index in [0.29, 0.717) is 5.33 Å². The van der Waals surface area contributed by atoms with E-state index in [4.69, 9.17) is 4.74 Å². The average Bonchev–Trinajstić information content (AvgIpc) is 2.39. The molecule has 98 valence electrons. The Morgan fingerprint density at radius 2 is 2.05 bits per heavy atom. The van der Waals surface area contributed by atoms with Crippen molar-refractivity contribution >= 4 is 21.6 Å². The van der Waals surface area contributed by atoms with Crippen molar-refractivity contribution in [2.45, 2.75) is 5.33 Å². The molecule has 0 atom stereocenters. The van der Waals surface area contributed by atoms with Crippen molar-refractivity contribution < 1.29 is 14.1 Å². The molecule has 2 rings (SSSR count). The summed E-state index contributed by atoms with van der Waals surface area (Å²) >= 11 is 3.23. The molecule has 0 saturated carbocycles. The van der Waals surface area contributed by atoms with Gasteiger partial charge in [0.2, 0.25) is 5.75 Å². The van der Waals surface area contributed by atoms with Crippen LogP contribution in [0.2, 0.25) is 0 Å². The fourth-order valence-corrected chi connectivity index (χ4v) is 1.57. The Labute approximate surface area is 115 Å². The first kappa shape index (κ1) is 13.3. The van der Waals surface area contributed by atoms with Gasteiger partial charge in [-0.05, 0) is 11.6 Å². The van der Waals surface area contributed by atoms with Gasteiger partial charge in [-0.25, -0.2) is 14.4 Å². The summed E-state index contributed by atoms with van der Waals surface area (Å²) in [4.78, 5) is 17.8. The minimum Gasteiger partial charge on any atom is -0.417 e. The zero-order chi connectivity index (χ0) is 13.8. The summed E-state index contributed by atoms with van der Waals surface area (Å²) in [5.74, 6) is -0.880. The molecule has 0 N–H and O–H groups in total. The highest BCUT2D eigenvalue weighted by atomic mass is 79.9. The Hall–Kier alpha value is -2.09. The first-order valence-corrected chi connectivity index (χ1v) is 6.21. The third-order valence-corrected chi connectivity index (χ3v) is 2.80. The Kier molecular flexibility index (Phi) is 4.00. The van der Waals surface area contributed by atoms with Crippen LogP contribution < -0.4 is 4.74 Å². The summed E-state index contributed by atoms with van der Waals surface area (Å²) in [5.41, 5.74) is 0.468. The largest absolute Gasteiger partial charge is 0.417 e. The lowest BCUT2D eigenvalue weighted by molar-refractivity contribution is -0.385. The van der Waals surface area contributed by atoms with Gasteiger partial charge in [0.05, 0.1) is 4.92 Å². The second kappa shape index (κ2) is 5.70. The molecule has 0 unspecified atom stereocenters. The fourth-order valence-electron chi connectivity index (χ4n) is 1.28. The van der Waals surface area contributed by atoms with E-state index in [1.54, 1.807) is 0 Å². The smallest absolute Gasteiger partial charge is 0.322 e. The number of hydrogen-bond donors (Lipinski definition) is 0. The van der Waals surface area contributed by atoms with Gasteiger partial charge in [0.15, 0.2) is 0 Å². The molecule has 0 saturated heterocycles. The molecule has 1 aromatic carbocycles. The predicted molar refractivity (Wildman–Crippen MR) is 67.8 cm³/mol. The van der Waals surface area contributed by atoms with E-state index in [9.17, 15) is 14.5 Å². The average molecular weight is 328 g/mol. The number of ether oxygens (including phenoxy) is 1. The molecular weight excluding hydrogens is 321 g/mol. The van der Waals surface area contributed by atoms with Crippen molar-refractivity contribution in [1.82, 2.24) is 9.97 Å². The standard InChI is InChI=1S/C11H7BrFN3O3/c12-4-7-5-14-11(15-6-7)19-10-3-8(13)1-2-9(10)16(17)18/h1-3,5-6H,4H2. The van der Waals surface area contributed by atoms with Crippen molar-refractivity contribution in [2.24, 2.45) is 0 Å². The van der Waals surface area contributed by atoms with E-state index in [2.05, 4.69) is 25.9 Å². The lowest BCUT2D eigenvalue weighted by Crippen LogP contribution is -1.97. The van der Waals surface area contributed by atoms with E-state index in [1.165, 1.54) is 12.4 Å². The molecule has 0 bridgehead atoms. The molecule has 2 aromatic rings. The van der Waals surface area contributed by atoms with Crippen molar-refractivity contribution in [3.05, 3.63) is 52.1 Å². The van der Waals surface area contributed by atoms with E-state index in [0.717, 1.165) is 23.8 Å². The number of hydrogen-bond acceptors (Lipinski definition) is 5. The quantitative estimate of drug-likeness (QED) is 0.489. The number of nitro groups is 1. The van der Waals surface area contributed by atoms with Crippen LogP contribution in [-0.2, 0) is 5.33 Å². The third kappa shape index (κ3) is 3.22. The van der Waals surface area contributed by atoms with Crippen LogP contribution in [0.25, 0.3) is 0 Å². The molecule has 0 spiro atoms. The van der Waals surface area contributed by atoms with Crippen LogP contribution in [0.4, 0.5) is 10.1 Å². The molecular formula is C11H7BrFN3O3. The van der Waals surface area contributed by atoms with Gasteiger partial charge in [-0.2, -0.15) is 0 Å². The van der Waals surface area contributed by atoms with Gasteiger partial charge in [-0.1, -0.05) is 15.9 Å². The maximum Gasteiger partial charge on any atom is 0.322 e. The van der Waals surface area contributed by atoms with Gasteiger partial charge in [0, 0.05) is 29.9 Å². The molecule has 1 heterocycles. The number of nitro benzene ring substituents is 1. The second-order valence-corrected chi connectivity index (χ2v) is 4.04. The normalized spacial score (nSPS) is 10.2. The zero-order valence-electron chi connectivity index (χ0n) is 9.42. The number of benzene rings is 1. The molecule has 6 nitrogen and oxygen atoms in total. The van der Waals surface area contributed by atoms with Crippen LogP contribution in [0.15, 0.2) is 30.6 Å². The molecule has 0 radical (unpaired) electrons. The highest BCUT2D eigenvalue weighted by Crippen LogP contribution is 2.30. The van der Waals surface area contributed by atoms with E-state index >= 15 is 0 Å². The van der Waals surface area contributed by atoms with Crippen molar-refractivity contribution in [1.29, 1.82) is 0 Å². The first-order chi connectivity index (χ1) is 9.10. The van der Waals surface area contributed by atoms with Gasteiger partial charge < -0.3 is 4.74 Å². The third-order valence-electron chi connectivity index (χ3n) is 2.16. The summed E-state index contributed by atoms with van der Waals surface area (Å²) in [6, 6.07) is 2.84. The van der Waals surface area contributed by atoms with Gasteiger partial charge >= 0.3 is 11.7 Å². The van der Waals surface area contributed by atoms with Crippen LogP contribution in [0.3, 0.4) is 0 Å². The summed E-state index contributed by atoms with van der Waals surface area (Å²) in [7, 11) is 0. The number of nitrogens with zero attached hydrogens (tertiary/aromatic N) is 3. The molecule has 19 heavy (non-hydrogen) atoms. The van der Waals surface area contributed by atoms with Crippen LogP contribution >= 0.6 is 15.9 Å². The minimum absolute atomic E-state index is 0.0848. The highest BCUT2D eigenvalue weighted by molar-refractivity contribution is 9.08. The predicted octanol–water partition coefficient (Wildman–Crippen LogP) is 3.21. The number of aromatic nitrogens is 2. The lowest BCUT2D eigenvalue weighted by Gasteiger charge is -2.04. The maximum absolute atomic E-state index is 13.1. The van der Waals surface area contributed by atoms with Crippen LogP contribution in [0.1, 0.15) is 5.56 Å². The van der Waals surface area contributed by atoms with Gasteiger partial charge in [0.1, 0.15) is 5.82 Å². The van der Waals surface area contributed by atoms with E-state index in [1.807, 2.05) is 0 Å². The topological polar surface area (TPSA) is 78.2 Å². The summed E-state index contributed by atoms with van der Waals surface area (Å²) in [5, 5.41) is 11.4. The maximum atomic E-state index is 13.1. The van der Waals surface area contributed by atoms with E-state index in [-0.39, 0.29) is 17.4 Å². The van der Waals surface area contributed by atoms with Crippen molar-refractivity contribution in [2.75, 3.05) is 0 Å². The van der Waals surface area contributed by atoms with Gasteiger partial charge in [-0.15, -0.1) is 0 Å². The fraction of sp³-hybridized carbons (Fsp3) is 0.0909. The summed E-state index contributed by atoms with van der Waals surface area (Å²) < 4.78 is 18.2. The highest BCUT2D eigenvalue weighted by Gasteiger charge is 2.17. The van der Waals surface area contributed by atoms with Gasteiger partial charge in [-0.3, -0.25) is 10.1 Å². The molecule has 0 aliphatic rings. The van der Waals surface area contributed by atoms with Crippen molar-refractivity contribution in [3.63, 3.8) is 0 Å². The Balaban J connectivity index is 2.31. The molecule has 1 aromatic heterocycles. The van der Waals surface area contributed by atoms with Crippen LogP contribution in [-0.4, -0.2) is 14.9 Å². The van der Waals surface area contributed by atoms with Crippen molar-refractivity contribution in [3.8, 4) is 11.8 Å². The SMILES string of the molecule is O=[N+]([O-])c1ccc(F)cc1Oc1ncc(CBr)cn1. The summed E-state index contributed by atoms with van der Waals surface area (Å²) in [6.07, 6.45) is 3.00. The molecule has 8 heteroatoms. The molecule has 0 aliphatic carbocycles. The summed E-state index contributed by atoms with van der Waals surface area (Å²) in [6.45, 7) is 0. The minimum atomic E-state index is -0.665. The first-order valence-electron chi connectivity index (χ1n) is 5.09. The lowest BCUT2D eigenvalue weighted by atomic mass is 10.3. The van der Waals surface area contributed by atoms with Crippen LogP contribution in [0.5, 0.6) is 11.8 Å². The second-order valence-electron chi connectivity index (χ2n) is 3.48. The number of rotatable bonds is 4. The number of alkyl halides is 1.